The van der Waals surface area contributed by atoms with Gasteiger partial charge in [-0.1, -0.05) is 60.3 Å². The first kappa shape index (κ1) is 10.5. The molecule has 0 aromatic heterocycles. The molecule has 2 rings (SSSR count). The molecular formula is C13H18Br. The van der Waals surface area contributed by atoms with E-state index in [0.29, 0.717) is 5.92 Å². The summed E-state index contributed by atoms with van der Waals surface area (Å²) in [6.07, 6.45) is 14.0. The van der Waals surface area contributed by atoms with Crippen molar-refractivity contribution >= 4 is 15.9 Å². The van der Waals surface area contributed by atoms with Crippen LogP contribution in [-0.2, 0) is 0 Å². The predicted octanol–water partition coefficient (Wildman–Crippen LogP) is 4.63. The maximum absolute atomic E-state index is 3.58. The van der Waals surface area contributed by atoms with Gasteiger partial charge >= 0.3 is 0 Å². The quantitative estimate of drug-likeness (QED) is 0.640. The van der Waals surface area contributed by atoms with Crippen molar-refractivity contribution < 1.29 is 0 Å². The van der Waals surface area contributed by atoms with Gasteiger partial charge in [0, 0.05) is 10.4 Å². The average Bonchev–Trinajstić information content (AvgIpc) is 2.23. The summed E-state index contributed by atoms with van der Waals surface area (Å²) in [4.78, 5) is 0. The zero-order chi connectivity index (χ0) is 9.97. The average molecular weight is 254 g/mol. The Morgan fingerprint density at radius 1 is 1.14 bits per heavy atom. The highest BCUT2D eigenvalue weighted by molar-refractivity contribution is 9.11. The van der Waals surface area contributed by atoms with Gasteiger partial charge in [0.1, 0.15) is 0 Å². The Kier molecular flexibility index (Phi) is 3.48. The van der Waals surface area contributed by atoms with E-state index in [1.54, 1.807) is 5.92 Å². The van der Waals surface area contributed by atoms with Crippen molar-refractivity contribution in [3.05, 3.63) is 28.6 Å². The largest absolute Gasteiger partial charge is 0.0760 e. The topological polar surface area (TPSA) is 0 Å². The second-order valence-corrected chi connectivity index (χ2v) is 5.47. The highest BCUT2D eigenvalue weighted by atomic mass is 79.9. The molecule has 1 radical (unpaired) electrons. The van der Waals surface area contributed by atoms with Crippen LogP contribution in [0, 0.1) is 17.8 Å². The van der Waals surface area contributed by atoms with Crippen molar-refractivity contribution in [3.63, 3.8) is 0 Å². The number of allylic oxidation sites excluding steroid dienone is 4. The maximum atomic E-state index is 3.58. The Morgan fingerprint density at radius 3 is 2.57 bits per heavy atom. The molecular weight excluding hydrogens is 236 g/mol. The second-order valence-electron chi connectivity index (χ2n) is 4.55. The molecule has 1 unspecified atom stereocenters. The molecule has 77 valence electrons. The van der Waals surface area contributed by atoms with Crippen molar-refractivity contribution in [2.45, 2.75) is 39.0 Å². The highest BCUT2D eigenvalue weighted by Gasteiger charge is 2.27. The van der Waals surface area contributed by atoms with Gasteiger partial charge in [-0.25, -0.2) is 0 Å². The summed E-state index contributed by atoms with van der Waals surface area (Å²) < 4.78 is 1.26. The summed E-state index contributed by atoms with van der Waals surface area (Å²) in [7, 11) is 0. The van der Waals surface area contributed by atoms with Gasteiger partial charge in [-0.3, -0.25) is 0 Å². The van der Waals surface area contributed by atoms with Crippen LogP contribution < -0.4 is 0 Å². The van der Waals surface area contributed by atoms with Crippen LogP contribution in [0.2, 0.25) is 0 Å². The number of rotatable bonds is 1. The van der Waals surface area contributed by atoms with Crippen molar-refractivity contribution in [3.8, 4) is 0 Å². The van der Waals surface area contributed by atoms with E-state index >= 15 is 0 Å². The summed E-state index contributed by atoms with van der Waals surface area (Å²) in [5, 5.41) is 0. The number of halogens is 1. The fourth-order valence-corrected chi connectivity index (χ4v) is 3.10. The Balaban J connectivity index is 2.04. The predicted molar refractivity (Wildman–Crippen MR) is 65.1 cm³/mol. The van der Waals surface area contributed by atoms with Crippen molar-refractivity contribution in [2.24, 2.45) is 11.8 Å². The first-order valence-electron chi connectivity index (χ1n) is 5.66. The minimum atomic E-state index is 0.703. The lowest BCUT2D eigenvalue weighted by Crippen LogP contribution is -2.21. The molecule has 0 spiro atoms. The molecule has 14 heavy (non-hydrogen) atoms. The molecule has 1 heteroatoms. The van der Waals surface area contributed by atoms with E-state index < -0.39 is 0 Å². The van der Waals surface area contributed by atoms with Crippen molar-refractivity contribution in [1.82, 2.24) is 0 Å². The van der Waals surface area contributed by atoms with Gasteiger partial charge < -0.3 is 0 Å². The molecule has 0 bridgehead atoms. The van der Waals surface area contributed by atoms with Crippen LogP contribution in [0.25, 0.3) is 0 Å². The van der Waals surface area contributed by atoms with Crippen LogP contribution in [0.5, 0.6) is 0 Å². The Bertz CT molecular complexity index is 246. The molecule has 0 saturated heterocycles. The standard InChI is InChI=1S/C13H18Br/c1-10-7-8-12(14)9-13(10)11-5-3-2-4-6-11/h7-9,11,13H,2-6H2,1H3. The molecule has 0 aliphatic heterocycles. The third kappa shape index (κ3) is 2.31. The maximum Gasteiger partial charge on any atom is 0.0135 e. The lowest BCUT2D eigenvalue weighted by atomic mass is 9.73. The Labute approximate surface area is 95.6 Å². The lowest BCUT2D eigenvalue weighted by molar-refractivity contribution is 0.297. The molecule has 1 saturated carbocycles. The van der Waals surface area contributed by atoms with Gasteiger partial charge in [-0.05, 0) is 24.7 Å². The molecule has 0 N–H and O–H groups in total. The van der Waals surface area contributed by atoms with E-state index in [0.717, 1.165) is 5.92 Å². The molecule has 0 heterocycles. The van der Waals surface area contributed by atoms with E-state index in [1.807, 2.05) is 0 Å². The van der Waals surface area contributed by atoms with Crippen molar-refractivity contribution in [1.29, 1.82) is 0 Å². The SMILES string of the molecule is C[C]1C=CC(Br)=CC1C1CCCCC1. The normalized spacial score (nSPS) is 30.4. The molecule has 2 aliphatic rings. The van der Waals surface area contributed by atoms with Crippen LogP contribution in [0.3, 0.4) is 0 Å². The number of hydrogen-bond donors (Lipinski definition) is 0. The molecule has 0 nitrogen and oxygen atoms in total. The van der Waals surface area contributed by atoms with E-state index in [9.17, 15) is 0 Å². The van der Waals surface area contributed by atoms with E-state index in [2.05, 4.69) is 41.1 Å². The minimum absolute atomic E-state index is 0.703. The molecule has 2 aliphatic carbocycles. The van der Waals surface area contributed by atoms with Gasteiger partial charge in [0.05, 0.1) is 0 Å². The fraction of sp³-hybridized carbons (Fsp3) is 0.615. The van der Waals surface area contributed by atoms with Crippen LogP contribution in [-0.4, -0.2) is 0 Å². The summed E-state index contributed by atoms with van der Waals surface area (Å²) >= 11 is 3.58. The third-order valence-electron chi connectivity index (χ3n) is 3.53. The van der Waals surface area contributed by atoms with Crippen LogP contribution in [0.1, 0.15) is 39.0 Å². The van der Waals surface area contributed by atoms with Gasteiger partial charge in [-0.2, -0.15) is 0 Å². The van der Waals surface area contributed by atoms with Gasteiger partial charge in [0.15, 0.2) is 0 Å². The first-order chi connectivity index (χ1) is 6.77. The van der Waals surface area contributed by atoms with E-state index in [4.69, 9.17) is 0 Å². The summed E-state index contributed by atoms with van der Waals surface area (Å²) in [6.45, 7) is 2.27. The van der Waals surface area contributed by atoms with Crippen LogP contribution in [0.4, 0.5) is 0 Å². The van der Waals surface area contributed by atoms with E-state index in [-0.39, 0.29) is 0 Å². The van der Waals surface area contributed by atoms with Gasteiger partial charge in [-0.15, -0.1) is 0 Å². The molecule has 0 aromatic rings. The van der Waals surface area contributed by atoms with Crippen LogP contribution >= 0.6 is 15.9 Å². The second kappa shape index (κ2) is 4.65. The summed E-state index contributed by atoms with van der Waals surface area (Å²) in [5.74, 6) is 3.15. The smallest absolute Gasteiger partial charge is 0.0135 e. The van der Waals surface area contributed by atoms with Gasteiger partial charge in [0.2, 0.25) is 0 Å². The number of hydrogen-bond acceptors (Lipinski definition) is 0. The monoisotopic (exact) mass is 253 g/mol. The Hall–Kier alpha value is -0.0400. The Morgan fingerprint density at radius 2 is 1.86 bits per heavy atom. The molecule has 1 atom stereocenters. The van der Waals surface area contributed by atoms with Crippen LogP contribution in [0.15, 0.2) is 22.7 Å². The first-order valence-corrected chi connectivity index (χ1v) is 6.45. The molecule has 0 aromatic carbocycles. The van der Waals surface area contributed by atoms with Gasteiger partial charge in [0.25, 0.3) is 0 Å². The third-order valence-corrected chi connectivity index (χ3v) is 4.06. The molecule has 1 fully saturated rings. The molecule has 0 amide bonds. The van der Waals surface area contributed by atoms with E-state index in [1.165, 1.54) is 36.6 Å². The lowest BCUT2D eigenvalue weighted by Gasteiger charge is -2.32. The fourth-order valence-electron chi connectivity index (χ4n) is 2.68. The zero-order valence-electron chi connectivity index (χ0n) is 8.80. The highest BCUT2D eigenvalue weighted by Crippen LogP contribution is 2.39. The minimum Gasteiger partial charge on any atom is -0.0760 e. The summed E-state index contributed by atoms with van der Waals surface area (Å²) in [6, 6.07) is 0. The summed E-state index contributed by atoms with van der Waals surface area (Å²) in [5.41, 5.74) is 0. The van der Waals surface area contributed by atoms with Crippen molar-refractivity contribution in [2.75, 3.05) is 0 Å². The zero-order valence-corrected chi connectivity index (χ0v) is 10.4.